The minimum absolute atomic E-state index is 0.367. The van der Waals surface area contributed by atoms with Gasteiger partial charge in [0.25, 0.3) is 0 Å². The summed E-state index contributed by atoms with van der Waals surface area (Å²) in [5.41, 5.74) is 6.85. The van der Waals surface area contributed by atoms with Crippen LogP contribution in [-0.2, 0) is 11.3 Å². The van der Waals surface area contributed by atoms with E-state index in [0.29, 0.717) is 31.6 Å². The van der Waals surface area contributed by atoms with E-state index in [9.17, 15) is 0 Å². The molecule has 1 atom stereocenters. The number of benzene rings is 1. The van der Waals surface area contributed by atoms with Gasteiger partial charge in [0.05, 0.1) is 13.2 Å². The van der Waals surface area contributed by atoms with Gasteiger partial charge in [-0.1, -0.05) is 37.3 Å². The Morgan fingerprint density at radius 2 is 2.11 bits per heavy atom. The van der Waals surface area contributed by atoms with Crippen molar-refractivity contribution in [3.8, 4) is 0 Å². The van der Waals surface area contributed by atoms with Crippen molar-refractivity contribution in [3.63, 3.8) is 0 Å². The second-order valence-electron chi connectivity index (χ2n) is 4.36. The maximum absolute atomic E-state index is 5.65. The summed E-state index contributed by atoms with van der Waals surface area (Å²) in [6, 6.07) is 10.2. The Hall–Kier alpha value is -1.55. The van der Waals surface area contributed by atoms with Gasteiger partial charge < -0.3 is 15.8 Å². The van der Waals surface area contributed by atoms with E-state index in [4.69, 9.17) is 10.5 Å². The summed E-state index contributed by atoms with van der Waals surface area (Å²) in [5, 5.41) is 2.97. The van der Waals surface area contributed by atoms with Gasteiger partial charge in [0.2, 0.25) is 0 Å². The highest BCUT2D eigenvalue weighted by Crippen LogP contribution is 2.03. The van der Waals surface area contributed by atoms with Crippen LogP contribution >= 0.6 is 0 Å². The van der Waals surface area contributed by atoms with E-state index in [-0.39, 0.29) is 0 Å². The van der Waals surface area contributed by atoms with E-state index in [1.807, 2.05) is 25.1 Å². The van der Waals surface area contributed by atoms with E-state index in [0.717, 1.165) is 6.54 Å². The van der Waals surface area contributed by atoms with Crippen LogP contribution < -0.4 is 11.1 Å². The van der Waals surface area contributed by atoms with E-state index in [1.165, 1.54) is 5.56 Å². The fraction of sp³-hybridized carbons (Fsp3) is 0.500. The Morgan fingerprint density at radius 3 is 2.78 bits per heavy atom. The Labute approximate surface area is 109 Å². The molecule has 0 amide bonds. The average molecular weight is 249 g/mol. The third kappa shape index (κ3) is 6.25. The van der Waals surface area contributed by atoms with Crippen LogP contribution in [0.15, 0.2) is 35.3 Å². The smallest absolute Gasteiger partial charge is 0.188 e. The van der Waals surface area contributed by atoms with Gasteiger partial charge in [-0.2, -0.15) is 0 Å². The number of nitrogens with zero attached hydrogens (tertiary/aromatic N) is 1. The zero-order chi connectivity index (χ0) is 13.2. The highest BCUT2D eigenvalue weighted by atomic mass is 16.5. The van der Waals surface area contributed by atoms with Crippen LogP contribution in [0.25, 0.3) is 0 Å². The van der Waals surface area contributed by atoms with Gasteiger partial charge in [0.1, 0.15) is 0 Å². The predicted molar refractivity (Wildman–Crippen MR) is 75.4 cm³/mol. The van der Waals surface area contributed by atoms with Crippen LogP contribution in [0.1, 0.15) is 19.4 Å². The van der Waals surface area contributed by atoms with Gasteiger partial charge in [0.15, 0.2) is 5.96 Å². The van der Waals surface area contributed by atoms with Gasteiger partial charge >= 0.3 is 0 Å². The van der Waals surface area contributed by atoms with Crippen molar-refractivity contribution in [2.75, 3.05) is 19.7 Å². The third-order valence-corrected chi connectivity index (χ3v) is 2.45. The van der Waals surface area contributed by atoms with E-state index < -0.39 is 0 Å². The van der Waals surface area contributed by atoms with Crippen LogP contribution in [0.4, 0.5) is 0 Å². The second-order valence-corrected chi connectivity index (χ2v) is 4.36. The molecule has 0 aliphatic heterocycles. The van der Waals surface area contributed by atoms with E-state index in [2.05, 4.69) is 29.4 Å². The largest absolute Gasteiger partial charge is 0.376 e. The van der Waals surface area contributed by atoms with Crippen LogP contribution in [0.3, 0.4) is 0 Å². The maximum atomic E-state index is 5.65. The molecule has 0 aromatic heterocycles. The molecule has 0 saturated heterocycles. The Balaban J connectivity index is 2.17. The minimum atomic E-state index is 0.367. The molecule has 1 aromatic carbocycles. The fourth-order valence-corrected chi connectivity index (χ4v) is 1.50. The highest BCUT2D eigenvalue weighted by Gasteiger charge is 2.02. The Bertz CT molecular complexity index is 351. The average Bonchev–Trinajstić information content (AvgIpc) is 2.38. The lowest BCUT2D eigenvalue weighted by Gasteiger charge is -2.10. The molecule has 0 radical (unpaired) electrons. The monoisotopic (exact) mass is 249 g/mol. The molecule has 0 saturated carbocycles. The quantitative estimate of drug-likeness (QED) is 0.572. The van der Waals surface area contributed by atoms with Crippen molar-refractivity contribution in [3.05, 3.63) is 35.9 Å². The normalized spacial score (nSPS) is 13.3. The molecule has 0 spiro atoms. The first kappa shape index (κ1) is 14.5. The second kappa shape index (κ2) is 8.53. The van der Waals surface area contributed by atoms with Crippen molar-refractivity contribution in [2.45, 2.75) is 20.5 Å². The highest BCUT2D eigenvalue weighted by molar-refractivity contribution is 5.77. The first-order valence-electron chi connectivity index (χ1n) is 6.37. The van der Waals surface area contributed by atoms with E-state index in [1.54, 1.807) is 0 Å². The SMILES string of the molecule is CCNC(N)=NCC(C)COCc1ccccc1. The molecule has 3 N–H and O–H groups in total. The maximum Gasteiger partial charge on any atom is 0.188 e. The Kier molecular flexibility index (Phi) is 6.87. The molecule has 0 aliphatic carbocycles. The molecule has 4 nitrogen and oxygen atoms in total. The molecule has 0 aliphatic rings. The summed E-state index contributed by atoms with van der Waals surface area (Å²) >= 11 is 0. The Morgan fingerprint density at radius 1 is 1.39 bits per heavy atom. The zero-order valence-corrected chi connectivity index (χ0v) is 11.2. The number of ether oxygens (including phenoxy) is 1. The number of guanidine groups is 1. The lowest BCUT2D eigenvalue weighted by atomic mass is 10.2. The summed E-state index contributed by atoms with van der Waals surface area (Å²) in [5.74, 6) is 0.873. The summed E-state index contributed by atoms with van der Waals surface area (Å²) in [7, 11) is 0. The summed E-state index contributed by atoms with van der Waals surface area (Å²) in [4.78, 5) is 4.24. The van der Waals surface area contributed by atoms with Gasteiger partial charge in [-0.15, -0.1) is 0 Å². The van der Waals surface area contributed by atoms with Crippen molar-refractivity contribution < 1.29 is 4.74 Å². The standard InChI is InChI=1S/C14H23N3O/c1-3-16-14(15)17-9-12(2)10-18-11-13-7-5-4-6-8-13/h4-8,12H,3,9-11H2,1-2H3,(H3,15,16,17). The molecule has 1 unspecified atom stereocenters. The lowest BCUT2D eigenvalue weighted by molar-refractivity contribution is 0.0945. The molecule has 1 rings (SSSR count). The topological polar surface area (TPSA) is 59.6 Å². The number of hydrogen-bond acceptors (Lipinski definition) is 2. The molecular formula is C14H23N3O. The summed E-state index contributed by atoms with van der Waals surface area (Å²) in [6.45, 7) is 6.93. The van der Waals surface area contributed by atoms with E-state index >= 15 is 0 Å². The van der Waals surface area contributed by atoms with Crippen molar-refractivity contribution in [1.29, 1.82) is 0 Å². The minimum Gasteiger partial charge on any atom is -0.376 e. The zero-order valence-electron chi connectivity index (χ0n) is 11.2. The third-order valence-electron chi connectivity index (χ3n) is 2.45. The van der Waals surface area contributed by atoms with Crippen molar-refractivity contribution in [1.82, 2.24) is 5.32 Å². The first-order chi connectivity index (χ1) is 8.72. The number of nitrogens with two attached hydrogens (primary N) is 1. The van der Waals surface area contributed by atoms with Crippen molar-refractivity contribution in [2.24, 2.45) is 16.6 Å². The summed E-state index contributed by atoms with van der Waals surface area (Å²) < 4.78 is 5.64. The van der Waals surface area contributed by atoms with Gasteiger partial charge in [-0.05, 0) is 18.4 Å². The fourth-order valence-electron chi connectivity index (χ4n) is 1.50. The number of aliphatic imine (C=N–C) groups is 1. The predicted octanol–water partition coefficient (Wildman–Crippen LogP) is 1.76. The van der Waals surface area contributed by atoms with Crippen LogP contribution in [0.2, 0.25) is 0 Å². The number of hydrogen-bond donors (Lipinski definition) is 2. The molecule has 0 heterocycles. The molecule has 100 valence electrons. The molecule has 18 heavy (non-hydrogen) atoms. The number of nitrogens with one attached hydrogen (secondary N) is 1. The van der Waals surface area contributed by atoms with Gasteiger partial charge in [-0.3, -0.25) is 4.99 Å². The lowest BCUT2D eigenvalue weighted by Crippen LogP contribution is -2.32. The number of rotatable bonds is 7. The van der Waals surface area contributed by atoms with Crippen molar-refractivity contribution >= 4 is 5.96 Å². The molecule has 0 fully saturated rings. The molecule has 0 bridgehead atoms. The van der Waals surface area contributed by atoms with Crippen LogP contribution in [0.5, 0.6) is 0 Å². The molecule has 4 heteroatoms. The summed E-state index contributed by atoms with van der Waals surface area (Å²) in [6.07, 6.45) is 0. The van der Waals surface area contributed by atoms with Gasteiger partial charge in [-0.25, -0.2) is 0 Å². The van der Waals surface area contributed by atoms with Crippen LogP contribution in [-0.4, -0.2) is 25.7 Å². The van der Waals surface area contributed by atoms with Gasteiger partial charge in [0, 0.05) is 13.1 Å². The van der Waals surface area contributed by atoms with Crippen LogP contribution in [0, 0.1) is 5.92 Å². The molecule has 1 aromatic rings. The molecular weight excluding hydrogens is 226 g/mol. The first-order valence-corrected chi connectivity index (χ1v) is 6.37.